The van der Waals surface area contributed by atoms with Crippen LogP contribution < -0.4 is 0 Å². The summed E-state index contributed by atoms with van der Waals surface area (Å²) in [6.45, 7) is 0. The van der Waals surface area contributed by atoms with Crippen molar-refractivity contribution >= 4 is 5.97 Å². The molecule has 0 spiro atoms. The standard InChI is InChI=1S/C9HF17O2/c10-2(11,1(27)28)3(12,13)4(14,15)5(16,17)6(18,19)7(20,21)8(22,23)9(24,25)26/h(H,27,28)/i/hD. The molecule has 0 saturated heterocycles. The van der Waals surface area contributed by atoms with Crippen molar-refractivity contribution in [1.29, 1.82) is 1.43 Å². The molecule has 0 radical (unpaired) electrons. The lowest BCUT2D eigenvalue weighted by Crippen LogP contribution is -2.75. The lowest BCUT2D eigenvalue weighted by molar-refractivity contribution is -0.459. The summed E-state index contributed by atoms with van der Waals surface area (Å²) < 4.78 is 221. The molecule has 0 heterocycles. The molecule has 0 unspecified atom stereocenters. The first-order chi connectivity index (χ1) is 12.2. The summed E-state index contributed by atoms with van der Waals surface area (Å²) in [5.41, 5.74) is 0. The summed E-state index contributed by atoms with van der Waals surface area (Å²) in [5, 5.41) is 2.06. The second kappa shape index (κ2) is 6.14. The maximum Gasteiger partial charge on any atom is 0.460 e. The molecule has 1 N–H and O–H groups in total. The van der Waals surface area contributed by atoms with Gasteiger partial charge in [0.05, 0.1) is 0 Å². The summed E-state index contributed by atoms with van der Waals surface area (Å²) in [6.07, 6.45) is -7.84. The van der Waals surface area contributed by atoms with Crippen LogP contribution in [0.15, 0.2) is 0 Å². The average molecular weight is 465 g/mol. The van der Waals surface area contributed by atoms with E-state index in [-0.39, 0.29) is 0 Å². The van der Waals surface area contributed by atoms with Crippen LogP contribution in [-0.2, 0) is 4.79 Å². The lowest BCUT2D eigenvalue weighted by atomic mass is 9.89. The van der Waals surface area contributed by atoms with E-state index in [9.17, 15) is 79.4 Å². The molecule has 0 atom stereocenters. The molecule has 0 aromatic heterocycles. The zero-order chi connectivity index (χ0) is 24.3. The summed E-state index contributed by atoms with van der Waals surface area (Å²) in [7, 11) is 0. The normalized spacial score (nSPS) is 16.7. The molecule has 168 valence electrons. The molecule has 2 nitrogen and oxygen atoms in total. The number of carbonyl (C=O) groups is 1. The Morgan fingerprint density at radius 1 is 0.500 bits per heavy atom. The van der Waals surface area contributed by atoms with Gasteiger partial charge in [-0.2, -0.15) is 74.6 Å². The van der Waals surface area contributed by atoms with Crippen LogP contribution in [0.4, 0.5) is 74.6 Å². The van der Waals surface area contributed by atoms with Crippen LogP contribution in [0.25, 0.3) is 1.43 Å². The van der Waals surface area contributed by atoms with Crippen molar-refractivity contribution in [3.8, 4) is 0 Å². The number of hydrogen-bond donors (Lipinski definition) is 1. The Morgan fingerprint density at radius 2 is 0.750 bits per heavy atom. The van der Waals surface area contributed by atoms with Gasteiger partial charge in [0.2, 0.25) is 0 Å². The largest absolute Gasteiger partial charge is 0.477 e. The van der Waals surface area contributed by atoms with E-state index in [0.717, 1.165) is 0 Å². The van der Waals surface area contributed by atoms with Gasteiger partial charge in [-0.25, -0.2) is 4.79 Å². The van der Waals surface area contributed by atoms with E-state index >= 15 is 0 Å². The quantitative estimate of drug-likeness (QED) is 0.533. The van der Waals surface area contributed by atoms with Gasteiger partial charge < -0.3 is 5.11 Å². The topological polar surface area (TPSA) is 37.3 Å². The van der Waals surface area contributed by atoms with Gasteiger partial charge in [0.25, 0.3) is 1.43 Å². The average Bonchev–Trinajstić information content (AvgIpc) is 2.51. The Labute approximate surface area is 141 Å². The lowest BCUT2D eigenvalue weighted by Gasteiger charge is -2.42. The SMILES string of the molecule is [2H]OC(=O)C(F)(F)C(F)(F)C(F)(F)C(F)(F)C(F)(F)C(F)(F)C(F)(F)C(F)(F)F. The molecule has 0 rings (SSSR count). The Balaban J connectivity index is 6.77. The molecule has 0 bridgehead atoms. The highest BCUT2D eigenvalue weighted by atomic mass is 19.4. The third-order valence-corrected chi connectivity index (χ3v) is 2.98. The second-order valence-electron chi connectivity index (χ2n) is 4.81. The van der Waals surface area contributed by atoms with Gasteiger partial charge in [0.15, 0.2) is 0 Å². The summed E-state index contributed by atoms with van der Waals surface area (Å²) in [6, 6.07) is 0. The van der Waals surface area contributed by atoms with E-state index in [4.69, 9.17) is 1.43 Å². The fraction of sp³-hybridized carbons (Fsp3) is 0.889. The molecule has 0 amide bonds. The Hall–Kier alpha value is -1.72. The maximum atomic E-state index is 13.1. The van der Waals surface area contributed by atoms with E-state index in [1.165, 1.54) is 0 Å². The predicted octanol–water partition coefficient (Wildman–Crippen LogP) is 5.08. The summed E-state index contributed by atoms with van der Waals surface area (Å²) in [4.78, 5) is 10.2. The smallest absolute Gasteiger partial charge is 0.460 e. The van der Waals surface area contributed by atoms with Crippen molar-refractivity contribution in [2.24, 2.45) is 0 Å². The zero-order valence-corrected chi connectivity index (χ0v) is 11.7. The van der Waals surface area contributed by atoms with Gasteiger partial charge in [0, 0.05) is 0 Å². The molecule has 0 fully saturated rings. The minimum atomic E-state index is -8.77. The van der Waals surface area contributed by atoms with Crippen molar-refractivity contribution in [2.45, 2.75) is 47.6 Å². The molecule has 0 saturated carbocycles. The van der Waals surface area contributed by atoms with Crippen molar-refractivity contribution < 1.29 is 84.5 Å². The van der Waals surface area contributed by atoms with Gasteiger partial charge in [-0.05, 0) is 0 Å². The fourth-order valence-corrected chi connectivity index (χ4v) is 1.29. The van der Waals surface area contributed by atoms with Crippen LogP contribution in [0.1, 0.15) is 0 Å². The number of alkyl halides is 17. The minimum absolute atomic E-state index is 2.06. The van der Waals surface area contributed by atoms with Crippen LogP contribution in [0, 0.1) is 0 Å². The van der Waals surface area contributed by atoms with Gasteiger partial charge in [-0.15, -0.1) is 0 Å². The van der Waals surface area contributed by atoms with Gasteiger partial charge in [0.1, 0.15) is 0 Å². The molecule has 0 aromatic carbocycles. The third kappa shape index (κ3) is 2.91. The van der Waals surface area contributed by atoms with E-state index in [1.807, 2.05) is 0 Å². The van der Waals surface area contributed by atoms with E-state index < -0.39 is 53.6 Å². The Morgan fingerprint density at radius 3 is 1.00 bits per heavy atom. The van der Waals surface area contributed by atoms with Crippen LogP contribution in [0.2, 0.25) is 0 Å². The zero-order valence-electron chi connectivity index (χ0n) is 12.7. The molecular formula is C9HF17O2. The minimum Gasteiger partial charge on any atom is -0.477 e. The molecular weight excluding hydrogens is 463 g/mol. The highest BCUT2D eigenvalue weighted by molar-refractivity contribution is 5.77. The number of carboxylic acid groups (broad SMARTS) is 1. The first-order valence-corrected chi connectivity index (χ1v) is 5.62. The van der Waals surface area contributed by atoms with Gasteiger partial charge in [-0.3, -0.25) is 0 Å². The van der Waals surface area contributed by atoms with Crippen LogP contribution in [-0.4, -0.2) is 58.7 Å². The molecule has 0 aromatic rings. The monoisotopic (exact) mass is 465 g/mol. The van der Waals surface area contributed by atoms with E-state index in [0.29, 0.717) is 0 Å². The number of halogens is 17. The predicted molar refractivity (Wildman–Crippen MR) is 48.3 cm³/mol. The van der Waals surface area contributed by atoms with E-state index in [2.05, 4.69) is 5.11 Å². The highest BCUT2D eigenvalue weighted by Gasteiger charge is 2.95. The van der Waals surface area contributed by atoms with Gasteiger partial charge in [-0.1, -0.05) is 0 Å². The number of hydrogen-bond acceptors (Lipinski definition) is 2. The van der Waals surface area contributed by atoms with Crippen molar-refractivity contribution in [3.63, 3.8) is 0 Å². The van der Waals surface area contributed by atoms with Crippen molar-refractivity contribution in [2.75, 3.05) is 0 Å². The molecule has 0 aliphatic rings. The van der Waals surface area contributed by atoms with Crippen LogP contribution in [0.5, 0.6) is 0 Å². The third-order valence-electron chi connectivity index (χ3n) is 2.98. The van der Waals surface area contributed by atoms with E-state index in [1.54, 1.807) is 0 Å². The van der Waals surface area contributed by atoms with Crippen molar-refractivity contribution in [3.05, 3.63) is 0 Å². The highest BCUT2D eigenvalue weighted by Crippen LogP contribution is 2.63. The molecule has 0 aliphatic carbocycles. The molecule has 19 heteroatoms. The summed E-state index contributed by atoms with van der Waals surface area (Å²) >= 11 is 0. The number of carboxylic acids is 1. The Kier molecular flexibility index (Phi) is 5.33. The Bertz CT molecular complexity index is 635. The molecule has 0 aliphatic heterocycles. The van der Waals surface area contributed by atoms with Crippen molar-refractivity contribution in [1.82, 2.24) is 0 Å². The van der Waals surface area contributed by atoms with Gasteiger partial charge >= 0.3 is 53.6 Å². The fourth-order valence-electron chi connectivity index (χ4n) is 1.29. The second-order valence-corrected chi connectivity index (χ2v) is 4.81. The maximum absolute atomic E-state index is 13.1. The van der Waals surface area contributed by atoms with Crippen LogP contribution >= 0.6 is 0 Å². The number of aliphatic carboxylic acids is 1. The summed E-state index contributed by atoms with van der Waals surface area (Å²) in [5.74, 6) is -62.7. The van der Waals surface area contributed by atoms with Crippen LogP contribution in [0.3, 0.4) is 0 Å². The first-order valence-electron chi connectivity index (χ1n) is 6.03. The first kappa shape index (κ1) is 24.3. The number of rotatable bonds is 7. The molecule has 28 heavy (non-hydrogen) atoms.